The minimum atomic E-state index is 1.21. The van der Waals surface area contributed by atoms with Crippen molar-refractivity contribution < 1.29 is 0 Å². The highest BCUT2D eigenvalue weighted by Crippen LogP contribution is 2.45. The summed E-state index contributed by atoms with van der Waals surface area (Å²) in [5, 5.41) is 3.97. The summed E-state index contributed by atoms with van der Waals surface area (Å²) >= 11 is 3.71. The third kappa shape index (κ3) is 3.85. The fourth-order valence-corrected chi connectivity index (χ4v) is 5.94. The van der Waals surface area contributed by atoms with Crippen LogP contribution in [0.5, 0.6) is 0 Å². The van der Waals surface area contributed by atoms with E-state index < -0.39 is 0 Å². The second kappa shape index (κ2) is 9.86. The van der Waals surface area contributed by atoms with Crippen molar-refractivity contribution in [3.8, 4) is 9.75 Å². The summed E-state index contributed by atoms with van der Waals surface area (Å²) in [5.74, 6) is 0. The van der Waals surface area contributed by atoms with E-state index in [4.69, 9.17) is 0 Å². The van der Waals surface area contributed by atoms with E-state index in [9.17, 15) is 0 Å². The summed E-state index contributed by atoms with van der Waals surface area (Å²) in [6.07, 6.45) is 3.89. The quantitative estimate of drug-likeness (QED) is 0.317. The van der Waals surface area contributed by atoms with Gasteiger partial charge < -0.3 is 0 Å². The second-order valence-electron chi connectivity index (χ2n) is 5.99. The Morgan fingerprint density at radius 2 is 1.32 bits per heavy atom. The number of hydrogen-bond donors (Lipinski definition) is 0. The lowest BCUT2D eigenvalue weighted by atomic mass is 10.0. The third-order valence-corrected chi connectivity index (χ3v) is 7.34. The fraction of sp³-hybridized carbons (Fsp3) is 0.231. The molecule has 28 heavy (non-hydrogen) atoms. The van der Waals surface area contributed by atoms with E-state index in [1.165, 1.54) is 52.2 Å². The maximum Gasteiger partial charge on any atom is 0.0487 e. The molecule has 2 aromatic heterocycles. The van der Waals surface area contributed by atoms with Crippen LogP contribution in [0, 0.1) is 13.8 Å². The molecule has 0 fully saturated rings. The van der Waals surface area contributed by atoms with E-state index in [-0.39, 0.29) is 0 Å². The van der Waals surface area contributed by atoms with E-state index in [2.05, 4.69) is 63.4 Å². The number of aryl methyl sites for hydroxylation is 1. The Kier molecular flexibility index (Phi) is 7.79. The van der Waals surface area contributed by atoms with Crippen molar-refractivity contribution in [1.29, 1.82) is 0 Å². The lowest BCUT2D eigenvalue weighted by Gasteiger charge is -2.00. The van der Waals surface area contributed by atoms with Gasteiger partial charge in [0, 0.05) is 19.3 Å². The van der Waals surface area contributed by atoms with Crippen molar-refractivity contribution in [1.82, 2.24) is 0 Å². The molecular formula is C26H30S2. The average molecular weight is 407 g/mol. The molecule has 0 radical (unpaired) electrons. The molecule has 0 atom stereocenters. The van der Waals surface area contributed by atoms with E-state index >= 15 is 0 Å². The molecule has 0 amide bonds. The van der Waals surface area contributed by atoms with Crippen LogP contribution >= 0.6 is 22.7 Å². The Labute approximate surface area is 177 Å². The van der Waals surface area contributed by atoms with Gasteiger partial charge in [0.15, 0.2) is 0 Å². The summed E-state index contributed by atoms with van der Waals surface area (Å²) in [4.78, 5) is 3.93. The summed E-state index contributed by atoms with van der Waals surface area (Å²) < 4.78 is 1.36. The van der Waals surface area contributed by atoms with Gasteiger partial charge >= 0.3 is 0 Å². The highest BCUT2D eigenvalue weighted by atomic mass is 32.1. The van der Waals surface area contributed by atoms with Crippen LogP contribution in [-0.2, 0) is 0 Å². The molecule has 2 aromatic carbocycles. The Hall–Kier alpha value is -2.16. The first-order valence-electron chi connectivity index (χ1n) is 9.94. The predicted molar refractivity (Wildman–Crippen MR) is 135 cm³/mol. The Balaban J connectivity index is 0.000000660. The Bertz CT molecular complexity index is 1110. The van der Waals surface area contributed by atoms with Crippen LogP contribution in [0.25, 0.3) is 42.8 Å². The van der Waals surface area contributed by atoms with Crippen LogP contribution in [-0.4, -0.2) is 0 Å². The topological polar surface area (TPSA) is 0 Å². The number of benzene rings is 2. The minimum Gasteiger partial charge on any atom is -0.134 e. The van der Waals surface area contributed by atoms with E-state index in [1.807, 2.05) is 62.5 Å². The second-order valence-corrected chi connectivity index (χ2v) is 8.10. The SMILES string of the molecule is C=Cc1sc(-c2sc3cc4ccccc4cc3c2C)c(C)c1C=C.CC.CC. The number of thiophene rings is 2. The number of rotatable bonds is 3. The van der Waals surface area contributed by atoms with Crippen molar-refractivity contribution in [3.05, 3.63) is 71.1 Å². The summed E-state index contributed by atoms with van der Waals surface area (Å²) in [6.45, 7) is 20.4. The first kappa shape index (κ1) is 22.1. The molecule has 2 heterocycles. The molecule has 146 valence electrons. The van der Waals surface area contributed by atoms with Crippen molar-refractivity contribution in [2.24, 2.45) is 0 Å². The van der Waals surface area contributed by atoms with Gasteiger partial charge in [0.05, 0.1) is 0 Å². The molecule has 4 rings (SSSR count). The molecule has 0 nitrogen and oxygen atoms in total. The van der Waals surface area contributed by atoms with Gasteiger partial charge in [-0.3, -0.25) is 0 Å². The lowest BCUT2D eigenvalue weighted by Crippen LogP contribution is -1.78. The molecule has 0 N–H and O–H groups in total. The number of hydrogen-bond acceptors (Lipinski definition) is 2. The van der Waals surface area contributed by atoms with Crippen molar-refractivity contribution in [2.75, 3.05) is 0 Å². The third-order valence-electron chi connectivity index (χ3n) is 4.62. The van der Waals surface area contributed by atoms with Crippen molar-refractivity contribution in [2.45, 2.75) is 41.5 Å². The molecule has 0 bridgehead atoms. The molecule has 0 aliphatic carbocycles. The van der Waals surface area contributed by atoms with Gasteiger partial charge in [-0.25, -0.2) is 0 Å². The van der Waals surface area contributed by atoms with Crippen LogP contribution in [0.2, 0.25) is 0 Å². The molecule has 2 heteroatoms. The Morgan fingerprint density at radius 3 is 1.86 bits per heavy atom. The average Bonchev–Trinajstić information content (AvgIpc) is 3.25. The predicted octanol–water partition coefficient (Wildman–Crippen LogP) is 9.74. The molecule has 0 saturated heterocycles. The molecule has 0 unspecified atom stereocenters. The van der Waals surface area contributed by atoms with Gasteiger partial charge in [-0.1, -0.05) is 77.3 Å². The maximum absolute atomic E-state index is 3.97. The smallest absolute Gasteiger partial charge is 0.0487 e. The maximum atomic E-state index is 3.97. The van der Waals surface area contributed by atoms with Crippen LogP contribution in [0.1, 0.15) is 49.3 Å². The highest BCUT2D eigenvalue weighted by Gasteiger charge is 2.18. The summed E-state index contributed by atoms with van der Waals surface area (Å²) in [6, 6.07) is 13.2. The van der Waals surface area contributed by atoms with Crippen LogP contribution < -0.4 is 0 Å². The van der Waals surface area contributed by atoms with E-state index in [1.54, 1.807) is 0 Å². The fourth-order valence-electron chi connectivity index (χ4n) is 3.29. The van der Waals surface area contributed by atoms with Crippen LogP contribution in [0.4, 0.5) is 0 Å². The minimum absolute atomic E-state index is 1.21. The molecule has 0 aliphatic heterocycles. The summed E-state index contributed by atoms with van der Waals surface area (Å²) in [5.41, 5.74) is 3.90. The van der Waals surface area contributed by atoms with Gasteiger partial charge in [0.2, 0.25) is 0 Å². The van der Waals surface area contributed by atoms with Crippen LogP contribution in [0.3, 0.4) is 0 Å². The summed E-state index contributed by atoms with van der Waals surface area (Å²) in [7, 11) is 0. The van der Waals surface area contributed by atoms with Gasteiger partial charge in [-0.05, 0) is 58.8 Å². The Morgan fingerprint density at radius 1 is 0.750 bits per heavy atom. The van der Waals surface area contributed by atoms with E-state index in [0.29, 0.717) is 0 Å². The zero-order chi connectivity index (χ0) is 20.8. The van der Waals surface area contributed by atoms with Crippen LogP contribution in [0.15, 0.2) is 49.6 Å². The normalized spacial score (nSPS) is 10.1. The molecule has 0 spiro atoms. The van der Waals surface area contributed by atoms with Crippen molar-refractivity contribution >= 4 is 55.7 Å². The highest BCUT2D eigenvalue weighted by molar-refractivity contribution is 7.26. The van der Waals surface area contributed by atoms with E-state index in [0.717, 1.165) is 0 Å². The zero-order valence-corrected chi connectivity index (χ0v) is 19.5. The monoisotopic (exact) mass is 406 g/mol. The standard InChI is InChI=1S/C22H18S2.2C2H6/c1-5-17-13(3)21(23-19(17)6-2)22-14(4)18-11-15-9-7-8-10-16(15)12-20(18)24-22;2*1-2/h5-12H,1-2H2,3-4H3;2*1-2H3. The molecule has 4 aromatic rings. The molecule has 0 saturated carbocycles. The molecular weight excluding hydrogens is 376 g/mol. The lowest BCUT2D eigenvalue weighted by molar-refractivity contribution is 1.50. The first-order chi connectivity index (χ1) is 13.6. The van der Waals surface area contributed by atoms with Gasteiger partial charge in [0.25, 0.3) is 0 Å². The largest absolute Gasteiger partial charge is 0.134 e. The first-order valence-corrected chi connectivity index (χ1v) is 11.6. The van der Waals surface area contributed by atoms with Gasteiger partial charge in [-0.15, -0.1) is 22.7 Å². The molecule has 0 aliphatic rings. The van der Waals surface area contributed by atoms with Gasteiger partial charge in [-0.2, -0.15) is 0 Å². The van der Waals surface area contributed by atoms with Crippen molar-refractivity contribution in [3.63, 3.8) is 0 Å². The number of fused-ring (bicyclic) bond motifs is 2. The zero-order valence-electron chi connectivity index (χ0n) is 17.8. The van der Waals surface area contributed by atoms with Gasteiger partial charge in [0.1, 0.15) is 0 Å².